The number of urea groups is 1. The third kappa shape index (κ3) is 5.28. The molecule has 7 nitrogen and oxygen atoms in total. The van der Waals surface area contributed by atoms with Crippen LogP contribution in [0.15, 0.2) is 24.3 Å². The summed E-state index contributed by atoms with van der Waals surface area (Å²) in [6, 6.07) is 7.72. The number of hydrogen-bond acceptors (Lipinski definition) is 4. The molecule has 1 heterocycles. The maximum atomic E-state index is 12.6. The number of benzene rings is 1. The van der Waals surface area contributed by atoms with E-state index in [-0.39, 0.29) is 29.9 Å². The lowest BCUT2D eigenvalue weighted by molar-refractivity contribution is -0.130. The maximum absolute atomic E-state index is 12.6. The highest BCUT2D eigenvalue weighted by molar-refractivity contribution is 6.07. The van der Waals surface area contributed by atoms with E-state index in [4.69, 9.17) is 4.74 Å². The number of aryl methyl sites for hydroxylation is 1. The number of amides is 4. The van der Waals surface area contributed by atoms with E-state index < -0.39 is 11.6 Å². The summed E-state index contributed by atoms with van der Waals surface area (Å²) in [5.74, 6) is 0.533. The second kappa shape index (κ2) is 8.84. The zero-order chi connectivity index (χ0) is 21.0. The van der Waals surface area contributed by atoms with Crippen molar-refractivity contribution in [3.63, 3.8) is 0 Å². The fourth-order valence-corrected chi connectivity index (χ4v) is 4.08. The highest BCUT2D eigenvalue weighted by Gasteiger charge is 2.48. The number of rotatable bonds is 7. The molecule has 1 aliphatic carbocycles. The minimum atomic E-state index is -0.815. The molecule has 1 atom stereocenters. The Labute approximate surface area is 172 Å². The van der Waals surface area contributed by atoms with Crippen LogP contribution in [-0.4, -0.2) is 35.5 Å². The van der Waals surface area contributed by atoms with Crippen molar-refractivity contribution in [2.75, 3.05) is 0 Å². The van der Waals surface area contributed by atoms with E-state index in [2.05, 4.69) is 28.1 Å². The SMILES string of the molecule is CC(CCc1ccc(OC(C)C)cc1)NC(=O)C1CCC2(CC1)NC(=O)NC2=O. The highest BCUT2D eigenvalue weighted by Crippen LogP contribution is 2.34. The van der Waals surface area contributed by atoms with E-state index in [1.54, 1.807) is 0 Å². The molecule has 3 rings (SSSR count). The Balaban J connectivity index is 1.42. The Hall–Kier alpha value is -2.57. The van der Waals surface area contributed by atoms with Crippen molar-refractivity contribution in [1.29, 1.82) is 0 Å². The Bertz CT molecular complexity index is 752. The minimum Gasteiger partial charge on any atom is -0.491 e. The molecule has 158 valence electrons. The predicted molar refractivity (Wildman–Crippen MR) is 109 cm³/mol. The van der Waals surface area contributed by atoms with Gasteiger partial charge in [0.05, 0.1) is 6.10 Å². The molecule has 1 saturated heterocycles. The Morgan fingerprint density at radius 1 is 1.17 bits per heavy atom. The molecule has 2 aliphatic rings. The van der Waals surface area contributed by atoms with E-state index in [0.717, 1.165) is 18.6 Å². The molecule has 4 amide bonds. The van der Waals surface area contributed by atoms with E-state index in [0.29, 0.717) is 25.7 Å². The standard InChI is InChI=1S/C22H31N3O4/c1-14(2)29-18-8-6-16(7-9-18)5-4-15(3)23-19(26)17-10-12-22(13-11-17)20(27)24-21(28)25-22/h6-9,14-15,17H,4-5,10-13H2,1-3H3,(H,23,26)(H2,24,25,27,28). The summed E-state index contributed by atoms with van der Waals surface area (Å²) in [5, 5.41) is 8.14. The normalized spacial score (nSPS) is 24.9. The number of ether oxygens (including phenoxy) is 1. The number of imide groups is 1. The van der Waals surface area contributed by atoms with Crippen LogP contribution < -0.4 is 20.7 Å². The lowest BCUT2D eigenvalue weighted by Crippen LogP contribution is -2.51. The lowest BCUT2D eigenvalue weighted by Gasteiger charge is -2.34. The number of carbonyl (C=O) groups is 3. The van der Waals surface area contributed by atoms with Gasteiger partial charge in [0.1, 0.15) is 11.3 Å². The van der Waals surface area contributed by atoms with Crippen molar-refractivity contribution in [3.05, 3.63) is 29.8 Å². The molecule has 1 aromatic rings. The number of nitrogens with one attached hydrogen (secondary N) is 3. The topological polar surface area (TPSA) is 96.5 Å². The summed E-state index contributed by atoms with van der Waals surface area (Å²) < 4.78 is 5.66. The number of hydrogen-bond donors (Lipinski definition) is 3. The van der Waals surface area contributed by atoms with Crippen molar-refractivity contribution >= 4 is 17.8 Å². The van der Waals surface area contributed by atoms with Crippen LogP contribution in [0.25, 0.3) is 0 Å². The van der Waals surface area contributed by atoms with E-state index >= 15 is 0 Å². The van der Waals surface area contributed by atoms with Gasteiger partial charge < -0.3 is 15.4 Å². The summed E-state index contributed by atoms with van der Waals surface area (Å²) >= 11 is 0. The molecular formula is C22H31N3O4. The average Bonchev–Trinajstić information content (AvgIpc) is 2.94. The molecule has 1 unspecified atom stereocenters. The van der Waals surface area contributed by atoms with Gasteiger partial charge in [-0.3, -0.25) is 14.9 Å². The van der Waals surface area contributed by atoms with Gasteiger partial charge in [0.15, 0.2) is 0 Å². The molecular weight excluding hydrogens is 370 g/mol. The van der Waals surface area contributed by atoms with Crippen LogP contribution in [0.5, 0.6) is 5.75 Å². The predicted octanol–water partition coefficient (Wildman–Crippen LogP) is 2.68. The van der Waals surface area contributed by atoms with Gasteiger partial charge in [0.2, 0.25) is 5.91 Å². The van der Waals surface area contributed by atoms with Gasteiger partial charge in [0.25, 0.3) is 5.91 Å². The van der Waals surface area contributed by atoms with Gasteiger partial charge in [-0.25, -0.2) is 4.79 Å². The molecule has 1 spiro atoms. The summed E-state index contributed by atoms with van der Waals surface area (Å²) in [6.45, 7) is 6.02. The van der Waals surface area contributed by atoms with E-state index in [1.165, 1.54) is 5.56 Å². The molecule has 2 fully saturated rings. The van der Waals surface area contributed by atoms with Crippen LogP contribution in [0.2, 0.25) is 0 Å². The third-order valence-corrected chi connectivity index (χ3v) is 5.77. The first kappa shape index (κ1) is 21.1. The first-order valence-electron chi connectivity index (χ1n) is 10.5. The third-order valence-electron chi connectivity index (χ3n) is 5.77. The van der Waals surface area contributed by atoms with Crippen molar-refractivity contribution in [2.24, 2.45) is 5.92 Å². The Kier molecular flexibility index (Phi) is 6.45. The van der Waals surface area contributed by atoms with Crippen LogP contribution in [0.1, 0.15) is 58.4 Å². The van der Waals surface area contributed by atoms with Gasteiger partial charge >= 0.3 is 6.03 Å². The van der Waals surface area contributed by atoms with Gasteiger partial charge in [-0.1, -0.05) is 12.1 Å². The summed E-state index contributed by atoms with van der Waals surface area (Å²) in [7, 11) is 0. The van der Waals surface area contributed by atoms with Gasteiger partial charge in [-0.05, 0) is 77.0 Å². The maximum Gasteiger partial charge on any atom is 0.322 e. The second-order valence-corrected chi connectivity index (χ2v) is 8.52. The van der Waals surface area contributed by atoms with Crippen molar-refractivity contribution in [3.8, 4) is 5.75 Å². The van der Waals surface area contributed by atoms with Crippen molar-refractivity contribution in [2.45, 2.75) is 77.0 Å². The van der Waals surface area contributed by atoms with Crippen LogP contribution in [-0.2, 0) is 16.0 Å². The minimum absolute atomic E-state index is 0.0396. The summed E-state index contributed by atoms with van der Waals surface area (Å²) in [5.41, 5.74) is 0.398. The Morgan fingerprint density at radius 2 is 1.83 bits per heavy atom. The molecule has 1 aromatic carbocycles. The highest BCUT2D eigenvalue weighted by atomic mass is 16.5. The molecule has 29 heavy (non-hydrogen) atoms. The van der Waals surface area contributed by atoms with Gasteiger partial charge in [0, 0.05) is 12.0 Å². The van der Waals surface area contributed by atoms with Crippen LogP contribution >= 0.6 is 0 Å². The molecule has 7 heteroatoms. The zero-order valence-corrected chi connectivity index (χ0v) is 17.4. The zero-order valence-electron chi connectivity index (χ0n) is 17.4. The largest absolute Gasteiger partial charge is 0.491 e. The van der Waals surface area contributed by atoms with Crippen molar-refractivity contribution in [1.82, 2.24) is 16.0 Å². The van der Waals surface area contributed by atoms with Crippen LogP contribution in [0.3, 0.4) is 0 Å². The molecule has 0 aromatic heterocycles. The van der Waals surface area contributed by atoms with Gasteiger partial charge in [-0.15, -0.1) is 0 Å². The van der Waals surface area contributed by atoms with E-state index in [1.807, 2.05) is 32.9 Å². The lowest BCUT2D eigenvalue weighted by atomic mass is 9.76. The van der Waals surface area contributed by atoms with E-state index in [9.17, 15) is 14.4 Å². The summed E-state index contributed by atoms with van der Waals surface area (Å²) in [4.78, 5) is 36.0. The van der Waals surface area contributed by atoms with Crippen LogP contribution in [0.4, 0.5) is 4.79 Å². The molecule has 1 saturated carbocycles. The molecule has 1 aliphatic heterocycles. The fraction of sp³-hybridized carbons (Fsp3) is 0.591. The molecule has 3 N–H and O–H groups in total. The Morgan fingerprint density at radius 3 is 2.38 bits per heavy atom. The fourth-order valence-electron chi connectivity index (χ4n) is 4.08. The first-order chi connectivity index (χ1) is 13.8. The van der Waals surface area contributed by atoms with Gasteiger partial charge in [-0.2, -0.15) is 0 Å². The smallest absolute Gasteiger partial charge is 0.322 e. The molecule has 0 bridgehead atoms. The molecule has 0 radical (unpaired) electrons. The van der Waals surface area contributed by atoms with Crippen molar-refractivity contribution < 1.29 is 19.1 Å². The average molecular weight is 402 g/mol. The quantitative estimate of drug-likeness (QED) is 0.612. The first-order valence-corrected chi connectivity index (χ1v) is 10.5. The van der Waals surface area contributed by atoms with Crippen LogP contribution in [0, 0.1) is 5.92 Å². The summed E-state index contributed by atoms with van der Waals surface area (Å²) in [6.07, 6.45) is 4.09. The number of carbonyl (C=O) groups excluding carboxylic acids is 3. The second-order valence-electron chi connectivity index (χ2n) is 8.52. The monoisotopic (exact) mass is 401 g/mol.